The van der Waals surface area contributed by atoms with E-state index >= 15 is 0 Å². The second-order valence-corrected chi connectivity index (χ2v) is 4.07. The Morgan fingerprint density at radius 2 is 2.19 bits per heavy atom. The zero-order chi connectivity index (χ0) is 11.8. The smallest absolute Gasteiger partial charge is 0.260 e. The van der Waals surface area contributed by atoms with Crippen LogP contribution in [0.1, 0.15) is 24.5 Å². The van der Waals surface area contributed by atoms with Crippen molar-refractivity contribution in [2.24, 2.45) is 0 Å². The first-order valence-electron chi connectivity index (χ1n) is 5.43. The van der Waals surface area contributed by atoms with E-state index in [1.807, 2.05) is 0 Å². The number of nitrogens with one attached hydrogen (secondary N) is 1. The predicted octanol–water partition coefficient (Wildman–Crippen LogP) is 2.84. The molecule has 1 nitrogen and oxygen atoms in total. The first kappa shape index (κ1) is 11.5. The van der Waals surface area contributed by atoms with Crippen LogP contribution in [0.25, 0.3) is 0 Å². The largest absolute Gasteiger partial charge is 0.303 e. The fourth-order valence-electron chi connectivity index (χ4n) is 2.49. The maximum absolute atomic E-state index is 13.5. The normalized spacial score (nSPS) is 23.8. The van der Waals surface area contributed by atoms with Crippen LogP contribution in [-0.4, -0.2) is 13.0 Å². The van der Waals surface area contributed by atoms with E-state index < -0.39 is 12.0 Å². The van der Waals surface area contributed by atoms with E-state index in [0.717, 1.165) is 0 Å². The quantitative estimate of drug-likeness (QED) is 0.840. The first-order valence-corrected chi connectivity index (χ1v) is 5.43. The predicted molar refractivity (Wildman–Crippen MR) is 56.1 cm³/mol. The standard InChI is InChI=1S/C12H14F3N/c1-2-16-12(11(14)15)7-6-8-9(12)4-3-5-10(8)13/h3-5,11,16H,2,6-7H2,1H3. The third-order valence-electron chi connectivity index (χ3n) is 3.23. The number of rotatable bonds is 3. The van der Waals surface area contributed by atoms with Crippen molar-refractivity contribution < 1.29 is 13.2 Å². The molecule has 0 saturated heterocycles. The lowest BCUT2D eigenvalue weighted by molar-refractivity contribution is 0.0290. The molecule has 0 aliphatic heterocycles. The van der Waals surface area contributed by atoms with Gasteiger partial charge in [0.2, 0.25) is 0 Å². The van der Waals surface area contributed by atoms with Crippen LogP contribution in [0, 0.1) is 5.82 Å². The minimum atomic E-state index is -2.52. The Morgan fingerprint density at radius 3 is 2.81 bits per heavy atom. The summed E-state index contributed by atoms with van der Waals surface area (Å²) in [5.74, 6) is -0.377. The van der Waals surface area contributed by atoms with Gasteiger partial charge in [-0.1, -0.05) is 19.1 Å². The van der Waals surface area contributed by atoms with E-state index in [1.54, 1.807) is 13.0 Å². The van der Waals surface area contributed by atoms with Crippen molar-refractivity contribution in [1.29, 1.82) is 0 Å². The number of fused-ring (bicyclic) bond motifs is 1. The van der Waals surface area contributed by atoms with Crippen molar-refractivity contribution in [3.8, 4) is 0 Å². The first-order chi connectivity index (χ1) is 7.62. The average Bonchev–Trinajstić information content (AvgIpc) is 2.61. The SMILES string of the molecule is CCNC1(C(F)F)CCc2c(F)cccc21. The summed E-state index contributed by atoms with van der Waals surface area (Å²) in [6, 6.07) is 4.42. The van der Waals surface area contributed by atoms with Crippen LogP contribution in [0.4, 0.5) is 13.2 Å². The van der Waals surface area contributed by atoms with Gasteiger partial charge >= 0.3 is 0 Å². The highest BCUT2D eigenvalue weighted by Crippen LogP contribution is 2.42. The maximum Gasteiger partial charge on any atom is 0.260 e. The zero-order valence-corrected chi connectivity index (χ0v) is 9.06. The lowest BCUT2D eigenvalue weighted by atomic mass is 9.92. The summed E-state index contributed by atoms with van der Waals surface area (Å²) in [5.41, 5.74) is -0.500. The maximum atomic E-state index is 13.5. The Kier molecular flexibility index (Phi) is 2.93. The molecule has 16 heavy (non-hydrogen) atoms. The molecule has 0 heterocycles. The number of halogens is 3. The molecule has 0 spiro atoms. The molecule has 4 heteroatoms. The van der Waals surface area contributed by atoms with Crippen molar-refractivity contribution in [2.75, 3.05) is 6.54 Å². The highest BCUT2D eigenvalue weighted by molar-refractivity contribution is 5.40. The molecule has 2 rings (SSSR count). The molecule has 0 saturated carbocycles. The van der Waals surface area contributed by atoms with E-state index in [9.17, 15) is 13.2 Å². The third kappa shape index (κ3) is 1.52. The van der Waals surface area contributed by atoms with Crippen molar-refractivity contribution in [1.82, 2.24) is 5.32 Å². The van der Waals surface area contributed by atoms with Gasteiger partial charge in [0.1, 0.15) is 11.4 Å². The Balaban J connectivity index is 2.50. The number of hydrogen-bond acceptors (Lipinski definition) is 1. The van der Waals surface area contributed by atoms with Gasteiger partial charge in [-0.3, -0.25) is 0 Å². The average molecular weight is 229 g/mol. The Hall–Kier alpha value is -1.03. The summed E-state index contributed by atoms with van der Waals surface area (Å²) in [4.78, 5) is 0. The van der Waals surface area contributed by atoms with Crippen LogP contribution in [0.2, 0.25) is 0 Å². The van der Waals surface area contributed by atoms with Gasteiger partial charge in [-0.2, -0.15) is 0 Å². The zero-order valence-electron chi connectivity index (χ0n) is 9.06. The molecule has 1 unspecified atom stereocenters. The molecule has 0 amide bonds. The molecule has 1 aliphatic carbocycles. The summed E-state index contributed by atoms with van der Waals surface area (Å²) in [7, 11) is 0. The van der Waals surface area contributed by atoms with Crippen molar-refractivity contribution in [3.05, 3.63) is 35.1 Å². The van der Waals surface area contributed by atoms with Crippen LogP contribution < -0.4 is 5.32 Å². The van der Waals surface area contributed by atoms with Gasteiger partial charge < -0.3 is 5.32 Å². The van der Waals surface area contributed by atoms with E-state index in [1.165, 1.54) is 12.1 Å². The molecular formula is C12H14F3N. The molecule has 0 bridgehead atoms. The van der Waals surface area contributed by atoms with E-state index in [2.05, 4.69) is 5.32 Å². The molecule has 1 N–H and O–H groups in total. The summed E-state index contributed by atoms with van der Waals surface area (Å²) < 4.78 is 39.9. The van der Waals surface area contributed by atoms with Crippen LogP contribution in [0.3, 0.4) is 0 Å². The second kappa shape index (κ2) is 4.09. The molecule has 1 aromatic rings. The molecule has 1 aromatic carbocycles. The molecule has 0 aromatic heterocycles. The minimum absolute atomic E-state index is 0.259. The van der Waals surface area contributed by atoms with E-state index in [0.29, 0.717) is 24.1 Å². The highest BCUT2D eigenvalue weighted by atomic mass is 19.3. The number of benzene rings is 1. The van der Waals surface area contributed by atoms with Crippen molar-refractivity contribution in [3.63, 3.8) is 0 Å². The molecule has 1 aliphatic rings. The van der Waals surface area contributed by atoms with Gasteiger partial charge in [0.15, 0.2) is 0 Å². The van der Waals surface area contributed by atoms with Crippen molar-refractivity contribution >= 4 is 0 Å². The second-order valence-electron chi connectivity index (χ2n) is 4.07. The third-order valence-corrected chi connectivity index (χ3v) is 3.23. The van der Waals surface area contributed by atoms with Crippen LogP contribution in [-0.2, 0) is 12.0 Å². The minimum Gasteiger partial charge on any atom is -0.303 e. The van der Waals surface area contributed by atoms with Gasteiger partial charge in [-0.05, 0) is 36.6 Å². The number of hydrogen-bond donors (Lipinski definition) is 1. The molecule has 0 radical (unpaired) electrons. The van der Waals surface area contributed by atoms with Gasteiger partial charge in [-0.25, -0.2) is 13.2 Å². The van der Waals surface area contributed by atoms with Gasteiger partial charge in [0.05, 0.1) is 0 Å². The lowest BCUT2D eigenvalue weighted by Gasteiger charge is -2.30. The summed E-state index contributed by atoms with van der Waals surface area (Å²) in [6.45, 7) is 2.22. The van der Waals surface area contributed by atoms with E-state index in [-0.39, 0.29) is 12.2 Å². The molecule has 88 valence electrons. The van der Waals surface area contributed by atoms with Gasteiger partial charge in [0, 0.05) is 0 Å². The van der Waals surface area contributed by atoms with Gasteiger partial charge in [0.25, 0.3) is 6.43 Å². The van der Waals surface area contributed by atoms with E-state index in [4.69, 9.17) is 0 Å². The van der Waals surface area contributed by atoms with Crippen LogP contribution in [0.5, 0.6) is 0 Å². The Bertz CT molecular complexity index is 392. The summed E-state index contributed by atoms with van der Waals surface area (Å²) >= 11 is 0. The monoisotopic (exact) mass is 229 g/mol. The lowest BCUT2D eigenvalue weighted by Crippen LogP contribution is -2.46. The molecule has 0 fully saturated rings. The summed E-state index contributed by atoms with van der Waals surface area (Å²) in [5, 5.41) is 2.82. The summed E-state index contributed by atoms with van der Waals surface area (Å²) in [6.07, 6.45) is -1.89. The Labute approximate surface area is 92.7 Å². The Morgan fingerprint density at radius 1 is 1.44 bits per heavy atom. The van der Waals surface area contributed by atoms with Crippen molar-refractivity contribution in [2.45, 2.75) is 31.7 Å². The van der Waals surface area contributed by atoms with Crippen LogP contribution >= 0.6 is 0 Å². The number of alkyl halides is 2. The van der Waals surface area contributed by atoms with Gasteiger partial charge in [-0.15, -0.1) is 0 Å². The molecular weight excluding hydrogens is 215 g/mol. The molecule has 1 atom stereocenters. The van der Waals surface area contributed by atoms with Crippen LogP contribution in [0.15, 0.2) is 18.2 Å². The topological polar surface area (TPSA) is 12.0 Å². The fourth-order valence-corrected chi connectivity index (χ4v) is 2.49. The highest BCUT2D eigenvalue weighted by Gasteiger charge is 2.46. The fraction of sp³-hybridized carbons (Fsp3) is 0.500.